The Labute approximate surface area is 202 Å². The van der Waals surface area contributed by atoms with Crippen LogP contribution in [0, 0.1) is 11.7 Å². The van der Waals surface area contributed by atoms with Gasteiger partial charge < -0.3 is 9.30 Å². The van der Waals surface area contributed by atoms with E-state index in [0.717, 1.165) is 18.4 Å². The van der Waals surface area contributed by atoms with Gasteiger partial charge in [0, 0.05) is 31.8 Å². The summed E-state index contributed by atoms with van der Waals surface area (Å²) in [5.41, 5.74) is 1.06. The summed E-state index contributed by atoms with van der Waals surface area (Å²) in [5, 5.41) is 0. The first-order valence-corrected chi connectivity index (χ1v) is 13.6. The highest BCUT2D eigenvalue weighted by molar-refractivity contribution is 7.89. The molecule has 7 nitrogen and oxygen atoms in total. The lowest BCUT2D eigenvalue weighted by Crippen LogP contribution is -2.37. The number of nitrogens with zero attached hydrogens (tertiary/aromatic N) is 3. The Balaban J connectivity index is 1.61. The van der Waals surface area contributed by atoms with E-state index in [4.69, 9.17) is 4.74 Å². The highest BCUT2D eigenvalue weighted by Gasteiger charge is 2.28. The van der Waals surface area contributed by atoms with Gasteiger partial charge in [0.1, 0.15) is 5.82 Å². The molecule has 0 saturated carbocycles. The first kappa shape index (κ1) is 24.7. The second kappa shape index (κ2) is 10.5. The van der Waals surface area contributed by atoms with Crippen LogP contribution in [0.3, 0.4) is 0 Å². The molecule has 1 fully saturated rings. The van der Waals surface area contributed by atoms with Gasteiger partial charge in [-0.2, -0.15) is 9.30 Å². The van der Waals surface area contributed by atoms with Crippen LogP contribution in [0.25, 0.3) is 10.2 Å². The number of ether oxygens (including phenoxy) is 1. The number of amides is 1. The second-order valence-electron chi connectivity index (χ2n) is 8.37. The summed E-state index contributed by atoms with van der Waals surface area (Å²) in [6.45, 7) is 6.51. The van der Waals surface area contributed by atoms with Gasteiger partial charge in [0.2, 0.25) is 10.0 Å². The van der Waals surface area contributed by atoms with Gasteiger partial charge in [-0.3, -0.25) is 4.79 Å². The highest BCUT2D eigenvalue weighted by Crippen LogP contribution is 2.24. The Bertz CT molecular complexity index is 1340. The lowest BCUT2D eigenvalue weighted by atomic mass is 10.0. The molecule has 2 aromatic carbocycles. The predicted octanol–water partition coefficient (Wildman–Crippen LogP) is 4.04. The Morgan fingerprint density at radius 3 is 2.56 bits per heavy atom. The first-order valence-electron chi connectivity index (χ1n) is 11.4. The van der Waals surface area contributed by atoms with E-state index in [2.05, 4.69) is 11.9 Å². The van der Waals surface area contributed by atoms with Crippen molar-refractivity contribution < 1.29 is 22.3 Å². The fourth-order valence-corrected chi connectivity index (χ4v) is 6.49. The summed E-state index contributed by atoms with van der Waals surface area (Å²) in [4.78, 5) is 17.8. The zero-order chi connectivity index (χ0) is 24.3. The minimum absolute atomic E-state index is 0.169. The molecule has 10 heteroatoms. The van der Waals surface area contributed by atoms with Crippen LogP contribution < -0.4 is 4.80 Å². The van der Waals surface area contributed by atoms with Crippen LogP contribution in [0.1, 0.15) is 37.0 Å². The van der Waals surface area contributed by atoms with Gasteiger partial charge in [-0.1, -0.05) is 18.3 Å². The van der Waals surface area contributed by atoms with Crippen molar-refractivity contribution in [2.24, 2.45) is 10.9 Å². The SMILES string of the molecule is CCOCCn1c(=NC(=O)c2ccc(S(=O)(=O)N3CCC(C)CC3)cc2)sc2cc(F)ccc21. The summed E-state index contributed by atoms with van der Waals surface area (Å²) in [5.74, 6) is -0.328. The number of fused-ring (bicyclic) bond motifs is 1. The third-order valence-electron chi connectivity index (χ3n) is 5.99. The maximum Gasteiger partial charge on any atom is 0.279 e. The molecule has 1 aromatic heterocycles. The summed E-state index contributed by atoms with van der Waals surface area (Å²) in [6, 6.07) is 10.4. The van der Waals surface area contributed by atoms with Gasteiger partial charge in [0.25, 0.3) is 5.91 Å². The van der Waals surface area contributed by atoms with Gasteiger partial charge in [-0.05, 0) is 68.1 Å². The van der Waals surface area contributed by atoms with E-state index in [1.54, 1.807) is 6.07 Å². The molecule has 0 radical (unpaired) electrons. The normalized spacial score (nSPS) is 16.4. The fourth-order valence-electron chi connectivity index (χ4n) is 3.94. The molecule has 3 aromatic rings. The van der Waals surface area contributed by atoms with Crippen LogP contribution >= 0.6 is 11.3 Å². The van der Waals surface area contributed by atoms with E-state index in [1.165, 1.54) is 52.0 Å². The van der Waals surface area contributed by atoms with Crippen molar-refractivity contribution in [3.8, 4) is 0 Å². The van der Waals surface area contributed by atoms with E-state index < -0.39 is 15.9 Å². The topological polar surface area (TPSA) is 81.0 Å². The third kappa shape index (κ3) is 5.30. The number of hydrogen-bond acceptors (Lipinski definition) is 5. The molecule has 0 spiro atoms. The molecule has 1 amide bonds. The number of sulfonamides is 1. The lowest BCUT2D eigenvalue weighted by molar-refractivity contribution is 0.0996. The molecule has 34 heavy (non-hydrogen) atoms. The van der Waals surface area contributed by atoms with Crippen molar-refractivity contribution in [1.82, 2.24) is 8.87 Å². The van der Waals surface area contributed by atoms with Gasteiger partial charge in [0.15, 0.2) is 4.80 Å². The Morgan fingerprint density at radius 1 is 1.18 bits per heavy atom. The number of carbonyl (C=O) groups is 1. The smallest absolute Gasteiger partial charge is 0.279 e. The molecule has 0 atom stereocenters. The van der Waals surface area contributed by atoms with Crippen LogP contribution in [-0.4, -0.2) is 49.5 Å². The Kier molecular flexibility index (Phi) is 7.61. The van der Waals surface area contributed by atoms with Crippen LogP contribution in [0.2, 0.25) is 0 Å². The minimum Gasteiger partial charge on any atom is -0.380 e. The van der Waals surface area contributed by atoms with Crippen LogP contribution in [0.15, 0.2) is 52.4 Å². The van der Waals surface area contributed by atoms with Gasteiger partial charge >= 0.3 is 0 Å². The van der Waals surface area contributed by atoms with Crippen molar-refractivity contribution >= 4 is 37.5 Å². The number of carbonyl (C=O) groups excluding carboxylic acids is 1. The van der Waals surface area contributed by atoms with E-state index in [0.29, 0.717) is 48.3 Å². The van der Waals surface area contributed by atoms with Gasteiger partial charge in [-0.15, -0.1) is 0 Å². The molecule has 4 rings (SSSR count). The molecular formula is C24H28FN3O4S2. The van der Waals surface area contributed by atoms with Crippen LogP contribution in [-0.2, 0) is 21.3 Å². The number of aromatic nitrogens is 1. The van der Waals surface area contributed by atoms with Crippen molar-refractivity contribution in [2.45, 2.75) is 38.1 Å². The first-order chi connectivity index (χ1) is 16.3. The fraction of sp³-hybridized carbons (Fsp3) is 0.417. The molecule has 1 aliphatic heterocycles. The van der Waals surface area contributed by atoms with Crippen molar-refractivity contribution in [3.05, 3.63) is 58.6 Å². The van der Waals surface area contributed by atoms with E-state index >= 15 is 0 Å². The van der Waals surface area contributed by atoms with Crippen LogP contribution in [0.4, 0.5) is 4.39 Å². The number of hydrogen-bond donors (Lipinski definition) is 0. The summed E-state index contributed by atoms with van der Waals surface area (Å²) < 4.78 is 49.1. The van der Waals surface area contributed by atoms with Gasteiger partial charge in [0.05, 0.1) is 21.7 Å². The molecule has 2 heterocycles. The quantitative estimate of drug-likeness (QED) is 0.454. The zero-order valence-corrected chi connectivity index (χ0v) is 20.9. The second-order valence-corrected chi connectivity index (χ2v) is 11.3. The van der Waals surface area contributed by atoms with Gasteiger partial charge in [-0.25, -0.2) is 12.8 Å². The monoisotopic (exact) mass is 505 g/mol. The average molecular weight is 506 g/mol. The summed E-state index contributed by atoms with van der Waals surface area (Å²) in [7, 11) is -3.59. The van der Waals surface area contributed by atoms with Crippen molar-refractivity contribution in [3.63, 3.8) is 0 Å². The Morgan fingerprint density at radius 2 is 1.88 bits per heavy atom. The minimum atomic E-state index is -3.59. The molecule has 1 aliphatic rings. The number of rotatable bonds is 7. The maximum absolute atomic E-state index is 13.7. The standard InChI is InChI=1S/C24H28FN3O4S2/c1-3-32-15-14-28-21-9-6-19(25)16-22(21)33-24(28)26-23(29)18-4-7-20(8-5-18)34(30,31)27-12-10-17(2)11-13-27/h4-9,16-17H,3,10-15H2,1-2H3. The third-order valence-corrected chi connectivity index (χ3v) is 8.94. The summed E-state index contributed by atoms with van der Waals surface area (Å²) >= 11 is 1.22. The highest BCUT2D eigenvalue weighted by atomic mass is 32.2. The number of piperidine rings is 1. The molecular weight excluding hydrogens is 477 g/mol. The molecule has 182 valence electrons. The number of halogens is 1. The van der Waals surface area contributed by atoms with E-state index in [9.17, 15) is 17.6 Å². The van der Waals surface area contributed by atoms with Crippen molar-refractivity contribution in [1.29, 1.82) is 0 Å². The predicted molar refractivity (Wildman–Crippen MR) is 130 cm³/mol. The van der Waals surface area contributed by atoms with E-state index in [-0.39, 0.29) is 16.3 Å². The number of benzene rings is 2. The lowest BCUT2D eigenvalue weighted by Gasteiger charge is -2.29. The Hall–Kier alpha value is -2.40. The van der Waals surface area contributed by atoms with Crippen molar-refractivity contribution in [2.75, 3.05) is 26.3 Å². The number of thiazole rings is 1. The average Bonchev–Trinajstić information content (AvgIpc) is 3.15. The zero-order valence-electron chi connectivity index (χ0n) is 19.2. The maximum atomic E-state index is 13.7. The summed E-state index contributed by atoms with van der Waals surface area (Å²) in [6.07, 6.45) is 1.69. The molecule has 0 N–H and O–H groups in total. The molecule has 0 bridgehead atoms. The largest absolute Gasteiger partial charge is 0.380 e. The molecule has 0 aliphatic carbocycles. The van der Waals surface area contributed by atoms with Crippen LogP contribution in [0.5, 0.6) is 0 Å². The molecule has 1 saturated heterocycles. The molecule has 0 unspecified atom stereocenters. The van der Waals surface area contributed by atoms with E-state index in [1.807, 2.05) is 11.5 Å².